The normalized spacial score (nSPS) is 24.3. The molecular weight excluding hydrogens is 369 g/mol. The van der Waals surface area contributed by atoms with E-state index in [2.05, 4.69) is 46.3 Å². The molecule has 1 aromatic heterocycles. The zero-order valence-electron chi connectivity index (χ0n) is 11.9. The summed E-state index contributed by atoms with van der Waals surface area (Å²) in [4.78, 5) is 22.0. The first-order valence-corrected chi connectivity index (χ1v) is 8.29. The van der Waals surface area contributed by atoms with E-state index in [4.69, 9.17) is 9.72 Å². The first kappa shape index (κ1) is 14.5. The maximum absolute atomic E-state index is 12.1. The van der Waals surface area contributed by atoms with Crippen LogP contribution < -0.4 is 5.56 Å². The molecule has 0 amide bonds. The second-order valence-electron chi connectivity index (χ2n) is 5.87. The summed E-state index contributed by atoms with van der Waals surface area (Å²) in [7, 11) is 0. The van der Waals surface area contributed by atoms with Gasteiger partial charge in [-0.3, -0.25) is 9.69 Å². The number of rotatable bonds is 3. The number of morpholine rings is 1. The number of hydrogen-bond donors (Lipinski definition) is 1. The van der Waals surface area contributed by atoms with Crippen LogP contribution in [0.15, 0.2) is 4.79 Å². The highest BCUT2D eigenvalue weighted by Crippen LogP contribution is 2.40. The number of H-pyrrole nitrogens is 1. The van der Waals surface area contributed by atoms with E-state index in [0.717, 1.165) is 35.2 Å². The van der Waals surface area contributed by atoms with Gasteiger partial charge in [0.05, 0.1) is 15.9 Å². The Morgan fingerprint density at radius 2 is 2.20 bits per heavy atom. The van der Waals surface area contributed by atoms with Gasteiger partial charge >= 0.3 is 0 Å². The van der Waals surface area contributed by atoms with Gasteiger partial charge in [-0.1, -0.05) is 0 Å². The van der Waals surface area contributed by atoms with Crippen LogP contribution >= 0.6 is 22.6 Å². The number of ether oxygens (including phenoxy) is 1. The van der Waals surface area contributed by atoms with Gasteiger partial charge < -0.3 is 9.72 Å². The monoisotopic (exact) mass is 389 g/mol. The highest BCUT2D eigenvalue weighted by atomic mass is 127. The number of hydrogen-bond acceptors (Lipinski definition) is 4. The molecule has 1 aromatic rings. The Labute approximate surface area is 132 Å². The molecule has 3 rings (SSSR count). The summed E-state index contributed by atoms with van der Waals surface area (Å²) in [5.74, 6) is 1.18. The molecule has 20 heavy (non-hydrogen) atoms. The zero-order valence-corrected chi connectivity index (χ0v) is 14.0. The highest BCUT2D eigenvalue weighted by Gasteiger charge is 2.31. The third-order valence-electron chi connectivity index (χ3n) is 4.00. The quantitative estimate of drug-likeness (QED) is 0.804. The van der Waals surface area contributed by atoms with Crippen LogP contribution in [0.5, 0.6) is 0 Å². The molecule has 0 radical (unpaired) electrons. The van der Waals surface area contributed by atoms with Crippen LogP contribution in [0.25, 0.3) is 0 Å². The van der Waals surface area contributed by atoms with Crippen LogP contribution in [0.1, 0.15) is 50.2 Å². The third-order valence-corrected chi connectivity index (χ3v) is 5.05. The Hall–Kier alpha value is -0.470. The van der Waals surface area contributed by atoms with E-state index in [0.29, 0.717) is 24.4 Å². The highest BCUT2D eigenvalue weighted by molar-refractivity contribution is 14.1. The van der Waals surface area contributed by atoms with Crippen molar-refractivity contribution in [3.63, 3.8) is 0 Å². The van der Waals surface area contributed by atoms with Gasteiger partial charge in [0.2, 0.25) is 0 Å². The summed E-state index contributed by atoms with van der Waals surface area (Å²) in [5.41, 5.74) is 0.942. The summed E-state index contributed by atoms with van der Waals surface area (Å²) >= 11 is 2.10. The van der Waals surface area contributed by atoms with Crippen molar-refractivity contribution in [1.29, 1.82) is 0 Å². The zero-order chi connectivity index (χ0) is 14.3. The predicted octanol–water partition coefficient (Wildman–Crippen LogP) is 2.03. The van der Waals surface area contributed by atoms with Crippen LogP contribution in [0.3, 0.4) is 0 Å². The molecule has 1 atom stereocenters. The van der Waals surface area contributed by atoms with E-state index >= 15 is 0 Å². The molecular formula is C14H20IN3O2. The molecule has 1 saturated heterocycles. The molecule has 6 heteroatoms. The largest absolute Gasteiger partial charge is 0.368 e. The van der Waals surface area contributed by atoms with Crippen molar-refractivity contribution in [1.82, 2.24) is 14.9 Å². The van der Waals surface area contributed by atoms with Gasteiger partial charge in [0.25, 0.3) is 5.56 Å². The van der Waals surface area contributed by atoms with Crippen molar-refractivity contribution >= 4 is 22.6 Å². The summed E-state index contributed by atoms with van der Waals surface area (Å²) in [6, 6.07) is 0.486. The van der Waals surface area contributed by atoms with Crippen LogP contribution in [0.4, 0.5) is 0 Å². The van der Waals surface area contributed by atoms with Crippen molar-refractivity contribution in [2.45, 2.75) is 44.8 Å². The molecule has 0 spiro atoms. The lowest BCUT2D eigenvalue weighted by Gasteiger charge is -2.35. The number of nitrogens with zero attached hydrogens (tertiary/aromatic N) is 2. The summed E-state index contributed by atoms with van der Waals surface area (Å²) < 4.78 is 6.56. The van der Waals surface area contributed by atoms with Gasteiger partial charge in [0.1, 0.15) is 11.9 Å². The van der Waals surface area contributed by atoms with Crippen LogP contribution in [-0.2, 0) is 4.74 Å². The van der Waals surface area contributed by atoms with E-state index in [-0.39, 0.29) is 11.7 Å². The molecule has 110 valence electrons. The number of aromatic nitrogens is 2. The van der Waals surface area contributed by atoms with Gasteiger partial charge in [-0.25, -0.2) is 4.98 Å². The van der Waals surface area contributed by atoms with Crippen LogP contribution in [0.2, 0.25) is 0 Å². The molecule has 5 nitrogen and oxygen atoms in total. The number of halogens is 1. The number of aromatic amines is 1. The van der Waals surface area contributed by atoms with Crippen LogP contribution in [-0.4, -0.2) is 40.6 Å². The van der Waals surface area contributed by atoms with E-state index in [1.165, 1.54) is 0 Å². The van der Waals surface area contributed by atoms with E-state index in [9.17, 15) is 4.79 Å². The average molecular weight is 389 g/mol. The Kier molecular flexibility index (Phi) is 4.14. The first-order chi connectivity index (χ1) is 9.56. The molecule has 0 aromatic carbocycles. The second-order valence-corrected chi connectivity index (χ2v) is 6.95. The van der Waals surface area contributed by atoms with Crippen molar-refractivity contribution in [2.75, 3.05) is 19.7 Å². The third kappa shape index (κ3) is 2.92. The molecule has 2 heterocycles. The lowest BCUT2D eigenvalue weighted by atomic mass is 10.2. The van der Waals surface area contributed by atoms with Gasteiger partial charge in [-0.15, -0.1) is 0 Å². The standard InChI is InChI=1S/C14H20IN3O2/c1-8(2)18-5-6-20-10(7-18)13-16-12(9-3-4-9)11(15)14(19)17-13/h8-10H,3-7H2,1-2H3,(H,16,17,19). The molecule has 1 aliphatic carbocycles. The Morgan fingerprint density at radius 3 is 2.85 bits per heavy atom. The second kappa shape index (κ2) is 5.73. The maximum Gasteiger partial charge on any atom is 0.264 e. The SMILES string of the molecule is CC(C)N1CCOC(c2nc(C3CC3)c(I)c(=O)[nH]2)C1. The molecule has 1 saturated carbocycles. The molecule has 1 aliphatic heterocycles. The summed E-state index contributed by atoms with van der Waals surface area (Å²) in [5, 5.41) is 0. The van der Waals surface area contributed by atoms with Crippen LogP contribution in [0, 0.1) is 3.57 Å². The fourth-order valence-electron chi connectivity index (χ4n) is 2.58. The molecule has 1 N–H and O–H groups in total. The Bertz CT molecular complexity index is 554. The lowest BCUT2D eigenvalue weighted by Crippen LogP contribution is -2.43. The smallest absolute Gasteiger partial charge is 0.264 e. The first-order valence-electron chi connectivity index (χ1n) is 7.21. The van der Waals surface area contributed by atoms with E-state index in [1.807, 2.05) is 0 Å². The Morgan fingerprint density at radius 1 is 1.45 bits per heavy atom. The van der Waals surface area contributed by atoms with Crippen molar-refractivity contribution in [3.05, 3.63) is 25.4 Å². The van der Waals surface area contributed by atoms with E-state index < -0.39 is 0 Å². The van der Waals surface area contributed by atoms with Gasteiger partial charge in [0.15, 0.2) is 0 Å². The van der Waals surface area contributed by atoms with Crippen molar-refractivity contribution in [2.24, 2.45) is 0 Å². The minimum Gasteiger partial charge on any atom is -0.368 e. The molecule has 2 fully saturated rings. The van der Waals surface area contributed by atoms with Crippen molar-refractivity contribution in [3.8, 4) is 0 Å². The summed E-state index contributed by atoms with van der Waals surface area (Å²) in [6.07, 6.45) is 2.18. The van der Waals surface area contributed by atoms with Crippen molar-refractivity contribution < 1.29 is 4.74 Å². The summed E-state index contributed by atoms with van der Waals surface area (Å²) in [6.45, 7) is 6.80. The number of nitrogens with one attached hydrogen (secondary N) is 1. The molecule has 1 unspecified atom stereocenters. The minimum atomic E-state index is -0.117. The molecule has 2 aliphatic rings. The Balaban J connectivity index is 1.88. The minimum absolute atomic E-state index is 0.0252. The fraction of sp³-hybridized carbons (Fsp3) is 0.714. The van der Waals surface area contributed by atoms with Gasteiger partial charge in [-0.05, 0) is 49.3 Å². The predicted molar refractivity (Wildman–Crippen MR) is 85.0 cm³/mol. The van der Waals surface area contributed by atoms with Gasteiger partial charge in [0, 0.05) is 25.0 Å². The van der Waals surface area contributed by atoms with E-state index in [1.54, 1.807) is 0 Å². The maximum atomic E-state index is 12.1. The molecule has 0 bridgehead atoms. The average Bonchev–Trinajstić information content (AvgIpc) is 3.26. The lowest BCUT2D eigenvalue weighted by molar-refractivity contribution is -0.0444. The van der Waals surface area contributed by atoms with Gasteiger partial charge in [-0.2, -0.15) is 0 Å². The topological polar surface area (TPSA) is 58.2 Å². The fourth-order valence-corrected chi connectivity index (χ4v) is 3.27.